The molecule has 11 nitrogen and oxygen atoms in total. The van der Waals surface area contributed by atoms with Gasteiger partial charge in [0.2, 0.25) is 6.41 Å². The molecule has 0 saturated carbocycles. The maximum Gasteiger partial charge on any atom is 0.459 e. The van der Waals surface area contributed by atoms with Gasteiger partial charge < -0.3 is 18.9 Å². The van der Waals surface area contributed by atoms with Crippen LogP contribution in [0.15, 0.2) is 84.6 Å². The van der Waals surface area contributed by atoms with Gasteiger partial charge in [0.25, 0.3) is 5.91 Å². The van der Waals surface area contributed by atoms with Crippen molar-refractivity contribution in [3.05, 3.63) is 90.2 Å². The number of esters is 1. The van der Waals surface area contributed by atoms with Crippen molar-refractivity contribution in [1.82, 2.24) is 15.3 Å². The van der Waals surface area contributed by atoms with Crippen molar-refractivity contribution in [3.8, 4) is 18.1 Å². The summed E-state index contributed by atoms with van der Waals surface area (Å²) in [4.78, 5) is 37.2. The molecule has 0 spiro atoms. The Hall–Kier alpha value is -4.20. The highest BCUT2D eigenvalue weighted by molar-refractivity contribution is 7.52. The maximum atomic E-state index is 14.3. The molecule has 0 saturated heterocycles. The zero-order chi connectivity index (χ0) is 31.5. The maximum absolute atomic E-state index is 14.3. The Morgan fingerprint density at radius 1 is 1.16 bits per heavy atom. The summed E-state index contributed by atoms with van der Waals surface area (Å²) in [5.74, 6) is 1.57. The van der Waals surface area contributed by atoms with Gasteiger partial charge in [0.05, 0.1) is 6.10 Å². The van der Waals surface area contributed by atoms with Gasteiger partial charge in [0.1, 0.15) is 18.4 Å². The van der Waals surface area contributed by atoms with Gasteiger partial charge >= 0.3 is 13.7 Å². The second-order valence-electron chi connectivity index (χ2n) is 10.0. The molecule has 0 bridgehead atoms. The molecular formula is C31H36N3O8P. The van der Waals surface area contributed by atoms with E-state index < -0.39 is 50.2 Å². The molecule has 2 aromatic rings. The van der Waals surface area contributed by atoms with Gasteiger partial charge in [-0.3, -0.25) is 24.2 Å². The number of hydrogen-bond donors (Lipinski definition) is 2. The van der Waals surface area contributed by atoms with E-state index in [0.29, 0.717) is 6.41 Å². The Balaban J connectivity index is 1.83. The standard InChI is InChI=1S/C31H36N3O8P/c1-6-31(18-17-28(41-31)34(5)20-24(4)29(36)32-22-35)21-39-43(38,42-26-15-11-8-12-16-26)33-27(30(37)40-23(2)3)19-25-13-9-7-10-14-25/h1,7-18,20,22-23,27-28H,19,21H2,2-5H3,(H,33,38)(H,32,35,36)/b24-20-/t27-,28?,31-,43?/m0/s1. The van der Waals surface area contributed by atoms with E-state index in [1.54, 1.807) is 68.3 Å². The molecule has 0 aromatic heterocycles. The van der Waals surface area contributed by atoms with Gasteiger partial charge in [-0.05, 0) is 57.0 Å². The van der Waals surface area contributed by atoms with Crippen LogP contribution in [0.4, 0.5) is 0 Å². The van der Waals surface area contributed by atoms with E-state index in [1.165, 1.54) is 13.1 Å². The number of para-hydroxylation sites is 1. The molecule has 2 N–H and O–H groups in total. The van der Waals surface area contributed by atoms with Crippen LogP contribution in [-0.2, 0) is 39.4 Å². The zero-order valence-corrected chi connectivity index (χ0v) is 25.4. The predicted molar refractivity (Wildman–Crippen MR) is 160 cm³/mol. The van der Waals surface area contributed by atoms with E-state index in [1.807, 2.05) is 30.3 Å². The number of rotatable bonds is 15. The van der Waals surface area contributed by atoms with E-state index >= 15 is 0 Å². The number of carbonyl (C=O) groups excluding carboxylic acids is 3. The topological polar surface area (TPSA) is 132 Å². The van der Waals surface area contributed by atoms with Gasteiger partial charge in [-0.25, -0.2) is 4.57 Å². The van der Waals surface area contributed by atoms with E-state index in [2.05, 4.69) is 16.3 Å². The average Bonchev–Trinajstić information content (AvgIpc) is 3.42. The lowest BCUT2D eigenvalue weighted by atomic mass is 10.1. The highest BCUT2D eigenvalue weighted by Crippen LogP contribution is 2.46. The van der Waals surface area contributed by atoms with E-state index in [-0.39, 0.29) is 17.7 Å². The van der Waals surface area contributed by atoms with Gasteiger partial charge in [-0.1, -0.05) is 54.5 Å². The fourth-order valence-electron chi connectivity index (χ4n) is 3.99. The van der Waals surface area contributed by atoms with Crippen molar-refractivity contribution in [2.24, 2.45) is 0 Å². The van der Waals surface area contributed by atoms with Crippen molar-refractivity contribution < 1.29 is 37.5 Å². The largest absolute Gasteiger partial charge is 0.462 e. The second kappa shape index (κ2) is 15.3. The van der Waals surface area contributed by atoms with Crippen molar-refractivity contribution in [1.29, 1.82) is 0 Å². The summed E-state index contributed by atoms with van der Waals surface area (Å²) in [7, 11) is -2.65. The summed E-state index contributed by atoms with van der Waals surface area (Å²) in [5.41, 5.74) is -0.412. The molecule has 12 heteroatoms. The monoisotopic (exact) mass is 609 g/mol. The smallest absolute Gasteiger partial charge is 0.459 e. The molecule has 43 heavy (non-hydrogen) atoms. The Kier molecular flexibility index (Phi) is 11.9. The van der Waals surface area contributed by atoms with Gasteiger partial charge in [-0.2, -0.15) is 5.09 Å². The Labute approximate surface area is 251 Å². The number of likely N-dealkylation sites (N-methyl/N-ethyl adjacent to an activating group) is 1. The van der Waals surface area contributed by atoms with Gasteiger partial charge in [0, 0.05) is 18.8 Å². The molecule has 2 amide bonds. The zero-order valence-electron chi connectivity index (χ0n) is 24.5. The third-order valence-corrected chi connectivity index (χ3v) is 7.65. The first-order valence-corrected chi connectivity index (χ1v) is 15.0. The third kappa shape index (κ3) is 9.94. The minimum Gasteiger partial charge on any atom is -0.462 e. The number of amides is 2. The van der Waals surface area contributed by atoms with Crippen LogP contribution in [0.2, 0.25) is 0 Å². The molecule has 2 aromatic carbocycles. The fraction of sp³-hybridized carbons (Fsp3) is 0.323. The van der Waals surface area contributed by atoms with Crippen molar-refractivity contribution in [3.63, 3.8) is 0 Å². The lowest BCUT2D eigenvalue weighted by Crippen LogP contribution is -2.42. The quantitative estimate of drug-likeness (QED) is 0.0769. The van der Waals surface area contributed by atoms with Crippen LogP contribution in [0.5, 0.6) is 5.75 Å². The van der Waals surface area contributed by atoms with Crippen molar-refractivity contribution in [2.75, 3.05) is 13.7 Å². The molecule has 2 unspecified atom stereocenters. The molecule has 1 aliphatic rings. The lowest BCUT2D eigenvalue weighted by Gasteiger charge is -2.30. The molecular weight excluding hydrogens is 573 g/mol. The minimum atomic E-state index is -4.30. The predicted octanol–water partition coefficient (Wildman–Crippen LogP) is 3.74. The minimum absolute atomic E-state index is 0.144. The number of ether oxygens (including phenoxy) is 2. The molecule has 228 valence electrons. The third-order valence-electron chi connectivity index (χ3n) is 6.10. The van der Waals surface area contributed by atoms with E-state index in [0.717, 1.165) is 5.56 Å². The normalized spacial score (nSPS) is 20.0. The highest BCUT2D eigenvalue weighted by Gasteiger charge is 2.41. The molecule has 0 radical (unpaired) electrons. The van der Waals surface area contributed by atoms with Crippen LogP contribution in [0.3, 0.4) is 0 Å². The number of imide groups is 1. The van der Waals surface area contributed by atoms with Crippen LogP contribution < -0.4 is 14.9 Å². The summed E-state index contributed by atoms with van der Waals surface area (Å²) in [5, 5.41) is 4.84. The summed E-state index contributed by atoms with van der Waals surface area (Å²) in [6, 6.07) is 16.4. The van der Waals surface area contributed by atoms with Crippen LogP contribution >= 0.6 is 7.75 Å². The van der Waals surface area contributed by atoms with E-state index in [9.17, 15) is 18.9 Å². The molecule has 0 fully saturated rings. The number of nitrogens with one attached hydrogen (secondary N) is 2. The summed E-state index contributed by atoms with van der Waals surface area (Å²) in [6.07, 6.45) is 9.86. The van der Waals surface area contributed by atoms with Gasteiger partial charge in [-0.15, -0.1) is 6.42 Å². The van der Waals surface area contributed by atoms with Crippen LogP contribution in [-0.4, -0.2) is 60.8 Å². The van der Waals surface area contributed by atoms with Crippen LogP contribution in [0.25, 0.3) is 0 Å². The number of benzene rings is 2. The number of nitrogens with zero attached hydrogens (tertiary/aromatic N) is 1. The molecule has 1 aliphatic heterocycles. The Morgan fingerprint density at radius 2 is 1.81 bits per heavy atom. The first kappa shape index (κ1) is 33.3. The highest BCUT2D eigenvalue weighted by atomic mass is 31.2. The van der Waals surface area contributed by atoms with Crippen LogP contribution in [0.1, 0.15) is 26.3 Å². The number of hydrogen-bond acceptors (Lipinski definition) is 9. The lowest BCUT2D eigenvalue weighted by molar-refractivity contribution is -0.149. The van der Waals surface area contributed by atoms with Gasteiger partial charge in [0.15, 0.2) is 11.8 Å². The average molecular weight is 610 g/mol. The first-order chi connectivity index (χ1) is 20.5. The number of terminal acetylenes is 1. The molecule has 4 atom stereocenters. The fourth-order valence-corrected chi connectivity index (χ4v) is 5.51. The van der Waals surface area contributed by atoms with E-state index in [4.69, 9.17) is 24.9 Å². The van der Waals surface area contributed by atoms with Crippen LogP contribution in [0, 0.1) is 12.3 Å². The molecule has 1 heterocycles. The SMILES string of the molecule is C#C[C@@]1(COP(=O)(N[C@@H](Cc2ccccc2)C(=O)OC(C)C)Oc2ccccc2)C=CC(N(C)/C=C(/C)C(=O)NC=O)O1. The van der Waals surface area contributed by atoms with Crippen molar-refractivity contribution in [2.45, 2.75) is 51.2 Å². The molecule has 0 aliphatic carbocycles. The number of carbonyl (C=O) groups is 3. The summed E-state index contributed by atoms with van der Waals surface area (Å²) in [6.45, 7) is 4.55. The summed E-state index contributed by atoms with van der Waals surface area (Å²) < 4.78 is 37.5. The molecule has 3 rings (SSSR count). The first-order valence-electron chi connectivity index (χ1n) is 13.5. The van der Waals surface area contributed by atoms with Crippen molar-refractivity contribution >= 4 is 26.0 Å². The Bertz CT molecular complexity index is 1410. The second-order valence-corrected chi connectivity index (χ2v) is 11.7. The Morgan fingerprint density at radius 3 is 2.42 bits per heavy atom. The summed E-state index contributed by atoms with van der Waals surface area (Å²) >= 11 is 0.